The van der Waals surface area contributed by atoms with E-state index in [1.54, 1.807) is 7.11 Å². The second-order valence-electron chi connectivity index (χ2n) is 6.16. The smallest absolute Gasteiger partial charge is 0.230 e. The Balaban J connectivity index is 1.57. The van der Waals surface area contributed by atoms with Crippen molar-refractivity contribution < 1.29 is 9.53 Å². The van der Waals surface area contributed by atoms with Gasteiger partial charge in [0.25, 0.3) is 0 Å². The Labute approximate surface area is 169 Å². The summed E-state index contributed by atoms with van der Waals surface area (Å²) in [7, 11) is 1.64. The fraction of sp³-hybridized carbons (Fsp3) is 0.286. The highest BCUT2D eigenvalue weighted by Gasteiger charge is 2.15. The number of ether oxygens (including phenoxy) is 1. The van der Waals surface area contributed by atoms with Crippen LogP contribution in [-0.4, -0.2) is 40.1 Å². The van der Waals surface area contributed by atoms with Crippen molar-refractivity contribution in [2.75, 3.05) is 19.4 Å². The molecule has 1 heterocycles. The van der Waals surface area contributed by atoms with Crippen LogP contribution in [-0.2, 0) is 17.8 Å². The number of nitrogens with one attached hydrogen (secondary N) is 1. The Morgan fingerprint density at radius 1 is 1.14 bits per heavy atom. The molecule has 1 amide bonds. The van der Waals surface area contributed by atoms with Gasteiger partial charge in [-0.2, -0.15) is 0 Å². The normalized spacial score (nSPS) is 10.6. The van der Waals surface area contributed by atoms with Crippen molar-refractivity contribution in [2.24, 2.45) is 0 Å². The van der Waals surface area contributed by atoms with Crippen LogP contribution in [0.2, 0.25) is 0 Å². The van der Waals surface area contributed by atoms with Crippen LogP contribution < -0.4 is 10.1 Å². The lowest BCUT2D eigenvalue weighted by Gasteiger charge is -2.09. The van der Waals surface area contributed by atoms with Gasteiger partial charge in [0.15, 0.2) is 11.0 Å². The molecule has 0 aliphatic heterocycles. The van der Waals surface area contributed by atoms with E-state index in [-0.39, 0.29) is 5.91 Å². The van der Waals surface area contributed by atoms with E-state index in [0.717, 1.165) is 35.3 Å². The number of hydrogen-bond donors (Lipinski definition) is 1. The SMILES string of the molecule is CCn1c(SCC(=O)NCCc2ccccc2)nnc1-c1cccc(OC)c1. The molecule has 0 aliphatic rings. The predicted octanol–water partition coefficient (Wildman–Crippen LogP) is 3.42. The third-order valence-electron chi connectivity index (χ3n) is 4.27. The van der Waals surface area contributed by atoms with Gasteiger partial charge in [-0.25, -0.2) is 0 Å². The third-order valence-corrected chi connectivity index (χ3v) is 5.24. The Kier molecular flexibility index (Phi) is 7.08. The number of nitrogens with zero attached hydrogens (tertiary/aromatic N) is 3. The molecule has 28 heavy (non-hydrogen) atoms. The van der Waals surface area contributed by atoms with Crippen molar-refractivity contribution in [3.8, 4) is 17.1 Å². The molecule has 0 saturated carbocycles. The molecule has 0 saturated heterocycles. The first-order chi connectivity index (χ1) is 13.7. The molecule has 0 aliphatic carbocycles. The van der Waals surface area contributed by atoms with Gasteiger partial charge in [0, 0.05) is 18.7 Å². The molecular weight excluding hydrogens is 372 g/mol. The number of hydrogen-bond acceptors (Lipinski definition) is 5. The van der Waals surface area contributed by atoms with Gasteiger partial charge in [0.2, 0.25) is 5.91 Å². The van der Waals surface area contributed by atoms with E-state index < -0.39 is 0 Å². The van der Waals surface area contributed by atoms with Gasteiger partial charge >= 0.3 is 0 Å². The highest BCUT2D eigenvalue weighted by atomic mass is 32.2. The summed E-state index contributed by atoms with van der Waals surface area (Å²) in [5.41, 5.74) is 2.15. The first kappa shape index (κ1) is 19.9. The molecule has 0 atom stereocenters. The number of amides is 1. The maximum atomic E-state index is 12.2. The molecule has 0 spiro atoms. The fourth-order valence-electron chi connectivity index (χ4n) is 2.83. The van der Waals surface area contributed by atoms with Crippen molar-refractivity contribution in [1.82, 2.24) is 20.1 Å². The summed E-state index contributed by atoms with van der Waals surface area (Å²) in [5, 5.41) is 12.3. The zero-order valence-electron chi connectivity index (χ0n) is 16.1. The summed E-state index contributed by atoms with van der Waals surface area (Å²) in [5.74, 6) is 1.85. The van der Waals surface area contributed by atoms with E-state index >= 15 is 0 Å². The Bertz CT molecular complexity index is 912. The lowest BCUT2D eigenvalue weighted by Crippen LogP contribution is -2.27. The summed E-state index contributed by atoms with van der Waals surface area (Å²) in [6.45, 7) is 3.38. The first-order valence-corrected chi connectivity index (χ1v) is 10.2. The summed E-state index contributed by atoms with van der Waals surface area (Å²) >= 11 is 1.40. The van der Waals surface area contributed by atoms with Gasteiger partial charge in [-0.1, -0.05) is 54.2 Å². The number of methoxy groups -OCH3 is 1. The molecule has 2 aromatic carbocycles. The molecule has 146 valence electrons. The Morgan fingerprint density at radius 2 is 1.96 bits per heavy atom. The Hall–Kier alpha value is -2.80. The molecule has 6 nitrogen and oxygen atoms in total. The average molecular weight is 397 g/mol. The van der Waals surface area contributed by atoms with Gasteiger partial charge in [0.05, 0.1) is 12.9 Å². The maximum Gasteiger partial charge on any atom is 0.230 e. The second kappa shape index (κ2) is 9.94. The minimum absolute atomic E-state index is 0.00508. The van der Waals surface area contributed by atoms with Crippen LogP contribution in [0.3, 0.4) is 0 Å². The monoisotopic (exact) mass is 396 g/mol. The molecule has 0 bridgehead atoms. The largest absolute Gasteiger partial charge is 0.497 e. The molecule has 3 rings (SSSR count). The van der Waals surface area contributed by atoms with E-state index in [4.69, 9.17) is 4.74 Å². The van der Waals surface area contributed by atoms with Crippen molar-refractivity contribution in [1.29, 1.82) is 0 Å². The van der Waals surface area contributed by atoms with Crippen molar-refractivity contribution in [3.63, 3.8) is 0 Å². The van der Waals surface area contributed by atoms with Gasteiger partial charge < -0.3 is 14.6 Å². The molecule has 1 N–H and O–H groups in total. The summed E-state index contributed by atoms with van der Waals surface area (Å²) in [4.78, 5) is 12.2. The van der Waals surface area contributed by atoms with Crippen LogP contribution in [0.1, 0.15) is 12.5 Å². The van der Waals surface area contributed by atoms with E-state index in [1.165, 1.54) is 17.3 Å². The molecule has 3 aromatic rings. The number of thioether (sulfide) groups is 1. The van der Waals surface area contributed by atoms with Crippen LogP contribution >= 0.6 is 11.8 Å². The Morgan fingerprint density at radius 3 is 2.71 bits per heavy atom. The van der Waals surface area contributed by atoms with Crippen LogP contribution in [0.15, 0.2) is 59.8 Å². The fourth-order valence-corrected chi connectivity index (χ4v) is 3.66. The van der Waals surface area contributed by atoms with Crippen LogP contribution in [0, 0.1) is 0 Å². The highest BCUT2D eigenvalue weighted by Crippen LogP contribution is 2.26. The second-order valence-corrected chi connectivity index (χ2v) is 7.10. The zero-order chi connectivity index (χ0) is 19.8. The average Bonchev–Trinajstić information content (AvgIpc) is 3.16. The molecular formula is C21H24N4O2S. The van der Waals surface area contributed by atoms with Gasteiger partial charge in [-0.05, 0) is 31.0 Å². The maximum absolute atomic E-state index is 12.2. The topological polar surface area (TPSA) is 69.0 Å². The summed E-state index contributed by atoms with van der Waals surface area (Å²) < 4.78 is 7.30. The zero-order valence-corrected chi connectivity index (χ0v) is 16.9. The first-order valence-electron chi connectivity index (χ1n) is 9.22. The van der Waals surface area contributed by atoms with Crippen molar-refractivity contribution in [3.05, 3.63) is 60.2 Å². The van der Waals surface area contributed by atoms with E-state index in [9.17, 15) is 4.79 Å². The van der Waals surface area contributed by atoms with Gasteiger partial charge in [0.1, 0.15) is 5.75 Å². The molecule has 0 unspecified atom stereocenters. The van der Waals surface area contributed by atoms with Crippen molar-refractivity contribution in [2.45, 2.75) is 25.0 Å². The van der Waals surface area contributed by atoms with E-state index in [2.05, 4.69) is 27.6 Å². The summed E-state index contributed by atoms with van der Waals surface area (Å²) in [6, 6.07) is 17.8. The third kappa shape index (κ3) is 5.13. The predicted molar refractivity (Wildman–Crippen MR) is 112 cm³/mol. The van der Waals surface area contributed by atoms with E-state index in [1.807, 2.05) is 54.0 Å². The van der Waals surface area contributed by atoms with Crippen LogP contribution in [0.4, 0.5) is 0 Å². The molecule has 0 fully saturated rings. The number of carbonyl (C=O) groups excluding carboxylic acids is 1. The lowest BCUT2D eigenvalue weighted by atomic mass is 10.1. The van der Waals surface area contributed by atoms with Crippen LogP contribution in [0.5, 0.6) is 5.75 Å². The number of rotatable bonds is 9. The number of carbonyl (C=O) groups is 1. The minimum Gasteiger partial charge on any atom is -0.497 e. The highest BCUT2D eigenvalue weighted by molar-refractivity contribution is 7.99. The molecule has 1 aromatic heterocycles. The lowest BCUT2D eigenvalue weighted by molar-refractivity contribution is -0.118. The minimum atomic E-state index is -0.00508. The van der Waals surface area contributed by atoms with Gasteiger partial charge in [-0.3, -0.25) is 4.79 Å². The van der Waals surface area contributed by atoms with Gasteiger partial charge in [-0.15, -0.1) is 10.2 Å². The number of aromatic nitrogens is 3. The van der Waals surface area contributed by atoms with Crippen molar-refractivity contribution >= 4 is 17.7 Å². The summed E-state index contributed by atoms with van der Waals surface area (Å²) in [6.07, 6.45) is 0.822. The number of benzene rings is 2. The quantitative estimate of drug-likeness (QED) is 0.561. The molecule has 0 radical (unpaired) electrons. The van der Waals surface area contributed by atoms with Crippen LogP contribution in [0.25, 0.3) is 11.4 Å². The standard InChI is InChI=1S/C21H24N4O2S/c1-3-25-20(17-10-7-11-18(14-17)27-2)23-24-21(25)28-15-19(26)22-13-12-16-8-5-4-6-9-16/h4-11,14H,3,12-13,15H2,1-2H3,(H,22,26). The molecule has 7 heteroatoms. The van der Waals surface area contributed by atoms with E-state index in [0.29, 0.717) is 12.3 Å².